The molecule has 1 aromatic carbocycles. The first-order chi connectivity index (χ1) is 7.65. The van der Waals surface area contributed by atoms with Gasteiger partial charge in [-0.1, -0.05) is 43.4 Å². The van der Waals surface area contributed by atoms with E-state index in [1.165, 1.54) is 5.56 Å². The molecule has 16 heavy (non-hydrogen) atoms. The number of rotatable bonds is 2. The Hall–Kier alpha value is -1.21. The van der Waals surface area contributed by atoms with Gasteiger partial charge in [0.2, 0.25) is 0 Å². The molecule has 2 heteroatoms. The fourth-order valence-corrected chi connectivity index (χ4v) is 2.36. The molecule has 1 aromatic rings. The molecule has 2 rings (SSSR count). The Morgan fingerprint density at radius 2 is 1.94 bits per heavy atom. The highest BCUT2D eigenvalue weighted by Gasteiger charge is 2.33. The van der Waals surface area contributed by atoms with Gasteiger partial charge in [-0.05, 0) is 24.1 Å². The van der Waals surface area contributed by atoms with Crippen molar-refractivity contribution in [3.8, 4) is 0 Å². The van der Waals surface area contributed by atoms with Crippen LogP contribution in [0, 0.1) is 0 Å². The lowest BCUT2D eigenvalue weighted by Gasteiger charge is -2.32. The Kier molecular flexibility index (Phi) is 3.06. The van der Waals surface area contributed by atoms with Crippen molar-refractivity contribution >= 4 is 17.3 Å². The zero-order valence-electron chi connectivity index (χ0n) is 9.36. The summed E-state index contributed by atoms with van der Waals surface area (Å²) in [7, 11) is 0. The van der Waals surface area contributed by atoms with Gasteiger partial charge < -0.3 is 5.73 Å². The molecule has 2 atom stereocenters. The number of hydrogen-bond acceptors (Lipinski definition) is 1. The Morgan fingerprint density at radius 1 is 1.25 bits per heavy atom. The van der Waals surface area contributed by atoms with E-state index in [2.05, 4.69) is 37.3 Å². The van der Waals surface area contributed by atoms with Crippen LogP contribution in [0.3, 0.4) is 0 Å². The minimum atomic E-state index is -0.301. The molecule has 0 radical (unpaired) electrons. The first-order valence-electron chi connectivity index (χ1n) is 5.56. The molecule has 0 aromatic heterocycles. The quantitative estimate of drug-likeness (QED) is 0.609. The molecule has 2 N–H and O–H groups in total. The molecule has 1 aliphatic rings. The summed E-state index contributed by atoms with van der Waals surface area (Å²) in [5, 5.41) is 0. The number of anilines is 1. The monoisotopic (exact) mass is 233 g/mol. The number of benzene rings is 1. The van der Waals surface area contributed by atoms with Gasteiger partial charge in [-0.15, -0.1) is 11.6 Å². The van der Waals surface area contributed by atoms with Crippen molar-refractivity contribution in [3.05, 3.63) is 54.1 Å². The van der Waals surface area contributed by atoms with Crippen LogP contribution in [0.1, 0.15) is 24.8 Å². The summed E-state index contributed by atoms with van der Waals surface area (Å²) in [6, 6.07) is 7.95. The van der Waals surface area contributed by atoms with Crippen LogP contribution in [-0.4, -0.2) is 4.87 Å². The van der Waals surface area contributed by atoms with Crippen molar-refractivity contribution in [2.75, 3.05) is 5.73 Å². The minimum Gasteiger partial charge on any atom is -0.399 e. The Labute approximate surface area is 102 Å². The maximum Gasteiger partial charge on any atom is 0.0729 e. The lowest BCUT2D eigenvalue weighted by Crippen LogP contribution is -2.27. The van der Waals surface area contributed by atoms with Crippen LogP contribution in [0.4, 0.5) is 5.69 Å². The summed E-state index contributed by atoms with van der Waals surface area (Å²) in [5.74, 6) is 0.227. The number of halogens is 1. The number of nitrogen functional groups attached to an aromatic ring is 1. The van der Waals surface area contributed by atoms with Gasteiger partial charge in [0.05, 0.1) is 4.87 Å². The molecule has 0 bridgehead atoms. The molecule has 0 heterocycles. The highest BCUT2D eigenvalue weighted by atomic mass is 35.5. The Bertz CT molecular complexity index is 419. The summed E-state index contributed by atoms with van der Waals surface area (Å²) in [6.45, 7) is 2.11. The van der Waals surface area contributed by atoms with Crippen LogP contribution < -0.4 is 5.73 Å². The number of alkyl halides is 1. The van der Waals surface area contributed by atoms with Crippen LogP contribution in [0.25, 0.3) is 0 Å². The molecule has 1 aliphatic carbocycles. The van der Waals surface area contributed by atoms with Crippen molar-refractivity contribution in [3.63, 3.8) is 0 Å². The first kappa shape index (κ1) is 11.3. The SMILES string of the molecule is CCC1(Cl)C=CC=CC1c1ccc(N)cc1. The predicted octanol–water partition coefficient (Wildman–Crippen LogP) is 3.87. The molecule has 84 valence electrons. The molecule has 0 saturated heterocycles. The van der Waals surface area contributed by atoms with E-state index in [9.17, 15) is 0 Å². The van der Waals surface area contributed by atoms with E-state index in [-0.39, 0.29) is 10.8 Å². The summed E-state index contributed by atoms with van der Waals surface area (Å²) in [5.41, 5.74) is 7.69. The number of hydrogen-bond donors (Lipinski definition) is 1. The average Bonchev–Trinajstić information content (AvgIpc) is 2.31. The highest BCUT2D eigenvalue weighted by Crippen LogP contribution is 2.41. The van der Waals surface area contributed by atoms with Crippen LogP contribution in [0.5, 0.6) is 0 Å². The van der Waals surface area contributed by atoms with Gasteiger partial charge in [-0.25, -0.2) is 0 Å². The second-order valence-corrected chi connectivity index (χ2v) is 4.87. The van der Waals surface area contributed by atoms with Crippen molar-refractivity contribution < 1.29 is 0 Å². The smallest absolute Gasteiger partial charge is 0.0729 e. The molecule has 0 spiro atoms. The summed E-state index contributed by atoms with van der Waals surface area (Å²) >= 11 is 6.63. The molecule has 0 aliphatic heterocycles. The average molecular weight is 234 g/mol. The van der Waals surface area contributed by atoms with Gasteiger partial charge >= 0.3 is 0 Å². The molecule has 1 nitrogen and oxygen atoms in total. The second-order valence-electron chi connectivity index (χ2n) is 4.17. The normalized spacial score (nSPS) is 28.2. The highest BCUT2D eigenvalue weighted by molar-refractivity contribution is 6.26. The topological polar surface area (TPSA) is 26.0 Å². The maximum absolute atomic E-state index is 6.63. The third-order valence-corrected chi connectivity index (χ3v) is 3.77. The van der Waals surface area contributed by atoms with Gasteiger partial charge in [0.25, 0.3) is 0 Å². The fourth-order valence-electron chi connectivity index (χ4n) is 2.08. The minimum absolute atomic E-state index is 0.227. The second kappa shape index (κ2) is 4.34. The van der Waals surface area contributed by atoms with Crippen molar-refractivity contribution in [1.29, 1.82) is 0 Å². The molecule has 2 unspecified atom stereocenters. The third-order valence-electron chi connectivity index (χ3n) is 3.14. The maximum atomic E-state index is 6.63. The van der Waals surface area contributed by atoms with E-state index in [0.29, 0.717) is 0 Å². The molecule has 0 saturated carbocycles. The lowest BCUT2D eigenvalue weighted by molar-refractivity contribution is 0.598. The summed E-state index contributed by atoms with van der Waals surface area (Å²) in [6.07, 6.45) is 9.21. The Balaban J connectivity index is 2.36. The van der Waals surface area contributed by atoms with E-state index >= 15 is 0 Å². The largest absolute Gasteiger partial charge is 0.399 e. The Morgan fingerprint density at radius 3 is 2.56 bits per heavy atom. The first-order valence-corrected chi connectivity index (χ1v) is 5.94. The third kappa shape index (κ3) is 2.00. The van der Waals surface area contributed by atoms with Crippen molar-refractivity contribution in [2.24, 2.45) is 0 Å². The zero-order valence-corrected chi connectivity index (χ0v) is 10.1. The van der Waals surface area contributed by atoms with Crippen molar-refractivity contribution in [1.82, 2.24) is 0 Å². The lowest BCUT2D eigenvalue weighted by atomic mass is 9.81. The van der Waals surface area contributed by atoms with Crippen LogP contribution in [-0.2, 0) is 0 Å². The molecule has 0 fully saturated rings. The zero-order chi connectivity index (χ0) is 11.6. The van der Waals surface area contributed by atoms with E-state index in [0.717, 1.165) is 12.1 Å². The predicted molar refractivity (Wildman–Crippen MR) is 70.8 cm³/mol. The van der Waals surface area contributed by atoms with E-state index in [1.807, 2.05) is 18.2 Å². The molecule has 0 amide bonds. The van der Waals surface area contributed by atoms with Crippen LogP contribution in [0.2, 0.25) is 0 Å². The number of allylic oxidation sites excluding steroid dienone is 4. The molecular formula is C14H16ClN. The van der Waals surface area contributed by atoms with E-state index in [4.69, 9.17) is 17.3 Å². The van der Waals surface area contributed by atoms with Gasteiger partial charge in [-0.3, -0.25) is 0 Å². The van der Waals surface area contributed by atoms with Crippen molar-refractivity contribution in [2.45, 2.75) is 24.1 Å². The van der Waals surface area contributed by atoms with Gasteiger partial charge in [0.1, 0.15) is 0 Å². The van der Waals surface area contributed by atoms with Gasteiger partial charge in [-0.2, -0.15) is 0 Å². The summed E-state index contributed by atoms with van der Waals surface area (Å²) in [4.78, 5) is -0.301. The summed E-state index contributed by atoms with van der Waals surface area (Å²) < 4.78 is 0. The number of nitrogens with two attached hydrogens (primary N) is 1. The van der Waals surface area contributed by atoms with E-state index in [1.54, 1.807) is 0 Å². The fraction of sp³-hybridized carbons (Fsp3) is 0.286. The molecular weight excluding hydrogens is 218 g/mol. The van der Waals surface area contributed by atoms with Gasteiger partial charge in [0, 0.05) is 11.6 Å². The standard InChI is InChI=1S/C14H16ClN/c1-2-14(15)10-4-3-5-13(14)11-6-8-12(16)9-7-11/h3-10,13H,2,16H2,1H3. The van der Waals surface area contributed by atoms with E-state index < -0.39 is 0 Å². The van der Waals surface area contributed by atoms with Gasteiger partial charge in [0.15, 0.2) is 0 Å². The van der Waals surface area contributed by atoms with Crippen LogP contribution in [0.15, 0.2) is 48.6 Å². The van der Waals surface area contributed by atoms with Crippen LogP contribution >= 0.6 is 11.6 Å².